The summed E-state index contributed by atoms with van der Waals surface area (Å²) in [7, 11) is 2.90. The molecule has 0 heterocycles. The van der Waals surface area contributed by atoms with Crippen LogP contribution in [0.25, 0.3) is 0 Å². The van der Waals surface area contributed by atoms with Crippen molar-refractivity contribution in [2.45, 2.75) is 12.5 Å². The Labute approximate surface area is 270 Å². The van der Waals surface area contributed by atoms with Crippen LogP contribution in [0.15, 0.2) is 84.9 Å². The van der Waals surface area contributed by atoms with Gasteiger partial charge in [-0.05, 0) is 0 Å². The summed E-state index contributed by atoms with van der Waals surface area (Å²) in [6.07, 6.45) is -0.610. The average molecular weight is 677 g/mol. The van der Waals surface area contributed by atoms with Crippen molar-refractivity contribution in [3.8, 4) is 34.5 Å². The van der Waals surface area contributed by atoms with E-state index in [2.05, 4.69) is 0 Å². The van der Waals surface area contributed by atoms with Gasteiger partial charge in [0.1, 0.15) is 0 Å². The Balaban J connectivity index is 2.57. The Morgan fingerprint density at radius 3 is 1.11 bits per heavy atom. The molecule has 0 bridgehead atoms. The van der Waals surface area contributed by atoms with Gasteiger partial charge in [0.05, 0.1) is 0 Å². The first-order chi connectivity index (χ1) is 21.9. The monoisotopic (exact) mass is 676 g/mol. The van der Waals surface area contributed by atoms with E-state index < -0.39 is 28.8 Å². The van der Waals surface area contributed by atoms with Crippen molar-refractivity contribution < 1.29 is 61.8 Å². The maximum absolute atomic E-state index is 13.5. The van der Waals surface area contributed by atoms with E-state index in [0.717, 1.165) is 0 Å². The van der Waals surface area contributed by atoms with Gasteiger partial charge in [0.25, 0.3) is 0 Å². The second-order valence-electron chi connectivity index (χ2n) is 10.5. The molecule has 0 aliphatic rings. The molecule has 1 unspecified atom stereocenters. The molecule has 1 N–H and O–H groups in total. The fraction of sp³-hybridized carbons (Fsp3) is 0.273. The Kier molecular flexibility index (Phi) is 10.3. The number of hydrogen-bond acceptors (Lipinski definition) is 11. The first kappa shape index (κ1) is 35.1. The number of halogens is 1. The normalized spacial score (nSPS) is 13.9. The van der Waals surface area contributed by atoms with Crippen molar-refractivity contribution in [2.75, 3.05) is 48.8 Å². The van der Waals surface area contributed by atoms with Crippen LogP contribution in [0.4, 0.5) is 0 Å². The Morgan fingerprint density at radius 1 is 0.543 bits per heavy atom. The molecule has 0 aliphatic heterocycles. The van der Waals surface area contributed by atoms with Crippen LogP contribution in [-0.4, -0.2) is 53.9 Å². The molecular formula is C33H38ClO11P. The first-order valence-corrected chi connectivity index (χ1v) is 17.5. The minimum absolute atomic E-state index is 0.00719. The van der Waals surface area contributed by atoms with E-state index in [-0.39, 0.29) is 50.4 Å². The van der Waals surface area contributed by atoms with Crippen molar-refractivity contribution in [3.05, 3.63) is 90.5 Å². The fourth-order valence-electron chi connectivity index (χ4n) is 6.26. The van der Waals surface area contributed by atoms with Gasteiger partial charge in [-0.2, -0.15) is 0 Å². The van der Waals surface area contributed by atoms with Gasteiger partial charge in [-0.3, -0.25) is 0 Å². The van der Waals surface area contributed by atoms with Crippen LogP contribution in [0.1, 0.15) is 12.5 Å². The molecule has 46 heavy (non-hydrogen) atoms. The van der Waals surface area contributed by atoms with Crippen LogP contribution < -0.4 is 58.3 Å². The molecule has 0 aliphatic carbocycles. The zero-order chi connectivity index (χ0) is 33.8. The zero-order valence-electron chi connectivity index (χ0n) is 26.6. The summed E-state index contributed by atoms with van der Waals surface area (Å²) in [6.45, 7) is -4.30. The van der Waals surface area contributed by atoms with Gasteiger partial charge >= 0.3 is 271 Å². The predicted molar refractivity (Wildman–Crippen MR) is 166 cm³/mol. The number of hydrogen-bond donors (Lipinski definition) is 1. The molecule has 0 fully saturated rings. The third-order valence-corrected chi connectivity index (χ3v) is 15.1. The van der Waals surface area contributed by atoms with E-state index in [9.17, 15) is 19.1 Å². The van der Waals surface area contributed by atoms with Crippen LogP contribution in [0.5, 0.6) is 34.5 Å². The van der Waals surface area contributed by atoms with Crippen molar-refractivity contribution in [3.63, 3.8) is 0 Å². The third kappa shape index (κ3) is 5.91. The number of benzene rings is 4. The second-order valence-corrected chi connectivity index (χ2v) is 15.9. The number of ether oxygens (including phenoxy) is 6. The predicted octanol–water partition coefficient (Wildman–Crippen LogP) is 1.30. The molecule has 13 heteroatoms. The van der Waals surface area contributed by atoms with Gasteiger partial charge in [-0.25, -0.2) is 0 Å². The van der Waals surface area contributed by atoms with E-state index in [0.29, 0.717) is 5.56 Å². The summed E-state index contributed by atoms with van der Waals surface area (Å²) in [5.41, 5.74) is -1.56. The molecule has 11 nitrogen and oxygen atoms in total. The van der Waals surface area contributed by atoms with Crippen LogP contribution in [0.3, 0.4) is 0 Å². The van der Waals surface area contributed by atoms with Gasteiger partial charge < -0.3 is 0 Å². The van der Waals surface area contributed by atoms with Gasteiger partial charge in [-0.15, -0.1) is 0 Å². The Bertz CT molecular complexity index is 1450. The van der Waals surface area contributed by atoms with Gasteiger partial charge in [0, 0.05) is 0 Å². The fourth-order valence-corrected chi connectivity index (χ4v) is 15.1. The van der Waals surface area contributed by atoms with Crippen molar-refractivity contribution in [1.82, 2.24) is 0 Å². The zero-order valence-corrected chi connectivity index (χ0v) is 28.3. The van der Waals surface area contributed by atoms with E-state index in [1.165, 1.54) is 49.6 Å². The van der Waals surface area contributed by atoms with Crippen molar-refractivity contribution in [1.29, 1.82) is 0 Å². The molecule has 0 spiro atoms. The van der Waals surface area contributed by atoms with E-state index in [1.807, 2.05) is 0 Å². The van der Waals surface area contributed by atoms with Gasteiger partial charge in [0.2, 0.25) is 0 Å². The molecule has 0 aromatic heterocycles. The third-order valence-electron chi connectivity index (χ3n) is 7.87. The topological polar surface area (TPSA) is 154 Å². The van der Waals surface area contributed by atoms with Crippen LogP contribution in [0, 0.1) is 10.2 Å². The van der Waals surface area contributed by atoms with E-state index >= 15 is 0 Å². The quantitative estimate of drug-likeness (QED) is 0.192. The molecule has 1 atom stereocenters. The summed E-state index contributed by atoms with van der Waals surface area (Å²) >= 11 is 0. The summed E-state index contributed by atoms with van der Waals surface area (Å²) in [5, 5.41) is 12.6. The van der Waals surface area contributed by atoms with Crippen LogP contribution in [-0.2, 0) is 9.68 Å². The molecule has 4 aromatic rings. The molecule has 0 saturated carbocycles. The number of methoxy groups -OCH3 is 6. The summed E-state index contributed by atoms with van der Waals surface area (Å²) < 4.78 is 82.3. The first-order valence-electron chi connectivity index (χ1n) is 13.9. The second kappa shape index (κ2) is 13.5. The standard InChI is InChI=1S/C33H38ClO11P/c1-33(35,23-14-9-8-10-15-23)22-46(45-34(36,37)38,30-24(39-2)16-11-17-25(30)40-3,31-26(41-4)18-12-19-27(31)42-5)32-28(43-6)20-13-21-29(32)44-7/h8-21,35H,22H2,1-7H3. The Hall–Kier alpha value is -3.80. The summed E-state index contributed by atoms with van der Waals surface area (Å²) in [5.74, 6) is 0.420. The summed E-state index contributed by atoms with van der Waals surface area (Å²) in [4.78, 5) is 0. The SMILES string of the molecule is COc1cccc(OC)c1P(CC(C)(O)c1ccccc1)(O[Cl+3]([O-])([O-])[O-])(c1c(OC)cccc1OC)c1c(OC)cccc1OC. The van der Waals surface area contributed by atoms with Crippen LogP contribution >= 0.6 is 6.83 Å². The number of rotatable bonds is 14. The van der Waals surface area contributed by atoms with Crippen LogP contribution in [0.2, 0.25) is 0 Å². The Morgan fingerprint density at radius 2 is 0.848 bits per heavy atom. The molecule has 0 amide bonds. The molecule has 4 aromatic carbocycles. The van der Waals surface area contributed by atoms with Crippen molar-refractivity contribution in [2.24, 2.45) is 0 Å². The number of aliphatic hydroxyl groups is 1. The van der Waals surface area contributed by atoms with E-state index in [1.54, 1.807) is 84.9 Å². The summed E-state index contributed by atoms with van der Waals surface area (Å²) in [6, 6.07) is 22.9. The molecule has 0 saturated heterocycles. The van der Waals surface area contributed by atoms with E-state index in [4.69, 9.17) is 32.5 Å². The van der Waals surface area contributed by atoms with Gasteiger partial charge in [-0.1, -0.05) is 0 Å². The molecule has 248 valence electrons. The molecule has 0 radical (unpaired) electrons. The maximum atomic E-state index is 13.5. The minimum atomic E-state index is -5.79. The van der Waals surface area contributed by atoms with Gasteiger partial charge in [0.15, 0.2) is 0 Å². The molecular weight excluding hydrogens is 639 g/mol. The molecule has 4 rings (SSSR count). The average Bonchev–Trinajstić information content (AvgIpc) is 3.06. The van der Waals surface area contributed by atoms with Crippen molar-refractivity contribution >= 4 is 22.7 Å².